The Balaban J connectivity index is 1.42. The molecule has 30 heavy (non-hydrogen) atoms. The van der Waals surface area contributed by atoms with Crippen LogP contribution in [0.4, 0.5) is 0 Å². The first-order chi connectivity index (χ1) is 14.5. The molecular formula is C23H21N3O3S. The summed E-state index contributed by atoms with van der Waals surface area (Å²) in [5.74, 6) is -0.0141. The van der Waals surface area contributed by atoms with Crippen LogP contribution in [0.1, 0.15) is 11.1 Å². The molecule has 1 amide bonds. The van der Waals surface area contributed by atoms with Crippen molar-refractivity contribution in [1.82, 2.24) is 9.21 Å². The summed E-state index contributed by atoms with van der Waals surface area (Å²) in [5.41, 5.74) is 1.07. The first-order valence-corrected chi connectivity index (χ1v) is 11.2. The Hall–Kier alpha value is -3.21. The molecule has 0 N–H and O–H groups in total. The SMILES string of the molecule is N#Cc1ccccc1S(=O)(=O)N1CCN(C(=O)Cc2ccc3ccccc3c2)CC1. The van der Waals surface area contributed by atoms with Crippen molar-refractivity contribution in [3.63, 3.8) is 0 Å². The lowest BCUT2D eigenvalue weighted by molar-refractivity contribution is -0.131. The lowest BCUT2D eigenvalue weighted by Crippen LogP contribution is -2.50. The van der Waals surface area contributed by atoms with Gasteiger partial charge in [-0.25, -0.2) is 8.42 Å². The van der Waals surface area contributed by atoms with Gasteiger partial charge in [0.25, 0.3) is 0 Å². The number of benzene rings is 3. The van der Waals surface area contributed by atoms with Crippen LogP contribution in [0.15, 0.2) is 71.6 Å². The summed E-state index contributed by atoms with van der Waals surface area (Å²) in [6.45, 7) is 1.10. The van der Waals surface area contributed by atoms with Gasteiger partial charge in [-0.05, 0) is 28.5 Å². The Morgan fingerprint density at radius 1 is 0.900 bits per heavy atom. The summed E-state index contributed by atoms with van der Waals surface area (Å²) >= 11 is 0. The molecule has 0 radical (unpaired) electrons. The number of sulfonamides is 1. The number of carbonyl (C=O) groups is 1. The van der Waals surface area contributed by atoms with E-state index in [-0.39, 0.29) is 35.9 Å². The first kappa shape index (κ1) is 20.1. The summed E-state index contributed by atoms with van der Waals surface area (Å²) in [6, 6.07) is 22.1. The highest BCUT2D eigenvalue weighted by Crippen LogP contribution is 2.22. The number of hydrogen-bond acceptors (Lipinski definition) is 4. The van der Waals surface area contributed by atoms with E-state index in [2.05, 4.69) is 0 Å². The van der Waals surface area contributed by atoms with E-state index >= 15 is 0 Å². The van der Waals surface area contributed by atoms with E-state index in [1.807, 2.05) is 48.5 Å². The second-order valence-corrected chi connectivity index (χ2v) is 9.16. The van der Waals surface area contributed by atoms with Crippen molar-refractivity contribution in [3.05, 3.63) is 77.9 Å². The molecule has 1 heterocycles. The lowest BCUT2D eigenvalue weighted by atomic mass is 10.0. The van der Waals surface area contributed by atoms with E-state index in [1.54, 1.807) is 17.0 Å². The molecule has 152 valence electrons. The van der Waals surface area contributed by atoms with Crippen LogP contribution < -0.4 is 0 Å². The fourth-order valence-electron chi connectivity index (χ4n) is 3.74. The molecule has 0 aliphatic carbocycles. The third kappa shape index (κ3) is 3.92. The molecule has 0 bridgehead atoms. The van der Waals surface area contributed by atoms with Crippen molar-refractivity contribution in [2.75, 3.05) is 26.2 Å². The third-order valence-corrected chi connectivity index (χ3v) is 7.34. The zero-order valence-corrected chi connectivity index (χ0v) is 17.2. The Kier molecular flexibility index (Phi) is 5.53. The van der Waals surface area contributed by atoms with E-state index in [0.29, 0.717) is 13.1 Å². The zero-order chi connectivity index (χ0) is 21.1. The number of carbonyl (C=O) groups excluding carboxylic acids is 1. The smallest absolute Gasteiger partial charge is 0.244 e. The van der Waals surface area contributed by atoms with E-state index < -0.39 is 10.0 Å². The van der Waals surface area contributed by atoms with Crippen molar-refractivity contribution in [3.8, 4) is 6.07 Å². The summed E-state index contributed by atoms with van der Waals surface area (Å²) in [5, 5.41) is 11.4. The van der Waals surface area contributed by atoms with Crippen LogP contribution in [-0.2, 0) is 21.2 Å². The van der Waals surface area contributed by atoms with Crippen LogP contribution in [-0.4, -0.2) is 49.7 Å². The summed E-state index contributed by atoms with van der Waals surface area (Å²) in [6.07, 6.45) is 0.287. The Morgan fingerprint density at radius 3 is 2.30 bits per heavy atom. The van der Waals surface area contributed by atoms with Gasteiger partial charge in [0.1, 0.15) is 6.07 Å². The van der Waals surface area contributed by atoms with Gasteiger partial charge < -0.3 is 4.90 Å². The number of rotatable bonds is 4. The van der Waals surface area contributed by atoms with Gasteiger partial charge in [-0.2, -0.15) is 9.57 Å². The lowest BCUT2D eigenvalue weighted by Gasteiger charge is -2.34. The normalized spacial score (nSPS) is 15.1. The third-order valence-electron chi connectivity index (χ3n) is 5.39. The molecule has 1 fully saturated rings. The van der Waals surface area contributed by atoms with E-state index in [1.165, 1.54) is 16.4 Å². The molecule has 0 atom stereocenters. The van der Waals surface area contributed by atoms with Crippen LogP contribution in [0.3, 0.4) is 0 Å². The minimum absolute atomic E-state index is 0.0141. The quantitative estimate of drug-likeness (QED) is 0.651. The standard InChI is InChI=1S/C23H21N3O3S/c24-17-21-7-3-4-8-22(21)30(28,29)26-13-11-25(12-14-26)23(27)16-18-9-10-19-5-1-2-6-20(19)15-18/h1-10,15H,11-14,16H2. The van der Waals surface area contributed by atoms with Crippen molar-refractivity contribution in [1.29, 1.82) is 5.26 Å². The highest BCUT2D eigenvalue weighted by Gasteiger charge is 2.31. The highest BCUT2D eigenvalue weighted by atomic mass is 32.2. The summed E-state index contributed by atoms with van der Waals surface area (Å²) in [7, 11) is -3.76. The summed E-state index contributed by atoms with van der Waals surface area (Å²) < 4.78 is 27.2. The van der Waals surface area contributed by atoms with Crippen molar-refractivity contribution in [2.24, 2.45) is 0 Å². The number of fused-ring (bicyclic) bond motifs is 1. The van der Waals surface area contributed by atoms with Gasteiger partial charge in [0.2, 0.25) is 15.9 Å². The molecule has 0 unspecified atom stereocenters. The van der Waals surface area contributed by atoms with Gasteiger partial charge in [0.15, 0.2) is 0 Å². The first-order valence-electron chi connectivity index (χ1n) is 9.74. The molecule has 0 saturated carbocycles. The maximum Gasteiger partial charge on any atom is 0.244 e. The molecule has 1 aliphatic rings. The monoisotopic (exact) mass is 419 g/mol. The van der Waals surface area contributed by atoms with Crippen molar-refractivity contribution in [2.45, 2.75) is 11.3 Å². The number of nitrogens with zero attached hydrogens (tertiary/aromatic N) is 3. The predicted molar refractivity (Wildman–Crippen MR) is 114 cm³/mol. The highest BCUT2D eigenvalue weighted by molar-refractivity contribution is 7.89. The van der Waals surface area contributed by atoms with Crippen LogP contribution in [0, 0.1) is 11.3 Å². The topological polar surface area (TPSA) is 81.5 Å². The average Bonchev–Trinajstić information content (AvgIpc) is 2.79. The molecule has 7 heteroatoms. The molecule has 1 aliphatic heterocycles. The molecule has 0 spiro atoms. The molecule has 4 rings (SSSR count). The van der Waals surface area contributed by atoms with Gasteiger partial charge in [-0.3, -0.25) is 4.79 Å². The zero-order valence-electron chi connectivity index (χ0n) is 16.4. The van der Waals surface area contributed by atoms with Gasteiger partial charge in [-0.15, -0.1) is 0 Å². The van der Waals surface area contributed by atoms with Gasteiger partial charge >= 0.3 is 0 Å². The number of nitriles is 1. The second-order valence-electron chi connectivity index (χ2n) is 7.25. The molecular weight excluding hydrogens is 398 g/mol. The fourth-order valence-corrected chi connectivity index (χ4v) is 5.30. The number of hydrogen-bond donors (Lipinski definition) is 0. The maximum absolute atomic E-state index is 12.9. The van der Waals surface area contributed by atoms with Crippen molar-refractivity contribution < 1.29 is 13.2 Å². The minimum Gasteiger partial charge on any atom is -0.340 e. The Labute approximate surface area is 176 Å². The molecule has 0 aromatic heterocycles. The van der Waals surface area contributed by atoms with Gasteiger partial charge in [-0.1, -0.05) is 54.6 Å². The Bertz CT molecular complexity index is 1240. The molecule has 6 nitrogen and oxygen atoms in total. The van der Waals surface area contributed by atoms with Gasteiger partial charge in [0.05, 0.1) is 16.9 Å². The molecule has 3 aromatic carbocycles. The van der Waals surface area contributed by atoms with Crippen LogP contribution >= 0.6 is 0 Å². The second kappa shape index (κ2) is 8.27. The number of amides is 1. The average molecular weight is 420 g/mol. The molecule has 3 aromatic rings. The summed E-state index contributed by atoms with van der Waals surface area (Å²) in [4.78, 5) is 14.5. The fraction of sp³-hybridized carbons (Fsp3) is 0.217. The van der Waals surface area contributed by atoms with E-state index in [0.717, 1.165) is 16.3 Å². The number of piperazine rings is 1. The largest absolute Gasteiger partial charge is 0.340 e. The van der Waals surface area contributed by atoms with Crippen molar-refractivity contribution >= 4 is 26.7 Å². The predicted octanol–water partition coefficient (Wildman–Crippen LogP) is 2.79. The van der Waals surface area contributed by atoms with Crippen LogP contribution in [0.5, 0.6) is 0 Å². The maximum atomic E-state index is 12.9. The van der Waals surface area contributed by atoms with Crippen LogP contribution in [0.2, 0.25) is 0 Å². The van der Waals surface area contributed by atoms with Crippen LogP contribution in [0.25, 0.3) is 10.8 Å². The van der Waals surface area contributed by atoms with E-state index in [9.17, 15) is 18.5 Å². The van der Waals surface area contributed by atoms with Gasteiger partial charge in [0, 0.05) is 26.2 Å². The Morgan fingerprint density at radius 2 is 1.57 bits per heavy atom. The minimum atomic E-state index is -3.76. The van der Waals surface area contributed by atoms with E-state index in [4.69, 9.17) is 0 Å². The molecule has 1 saturated heterocycles.